The minimum Gasteiger partial charge on any atom is -0.331 e. The second kappa shape index (κ2) is 10.8. The third-order valence-electron chi connectivity index (χ3n) is 5.20. The maximum absolute atomic E-state index is 15.2. The predicted molar refractivity (Wildman–Crippen MR) is 133 cm³/mol. The van der Waals surface area contributed by atoms with Gasteiger partial charge in [0.1, 0.15) is 5.83 Å². The third kappa shape index (κ3) is 6.03. The van der Waals surface area contributed by atoms with Crippen molar-refractivity contribution in [3.05, 3.63) is 86.4 Å². The van der Waals surface area contributed by atoms with E-state index in [-0.39, 0.29) is 12.4 Å². The number of carbonyl (C=O) groups excluding carboxylic acids is 1. The Hall–Kier alpha value is -2.19. The number of fused-ring (bicyclic) bond motifs is 1. The molecule has 2 aromatic carbocycles. The van der Waals surface area contributed by atoms with Crippen molar-refractivity contribution in [2.75, 3.05) is 6.54 Å². The SMILES string of the molecule is O=C(NC/C(F)=C1\CCCc2cnn(Cc3ccc(Cl)cc3Cl)c21)NSc1cccc(Cl)c1. The number of rotatable bonds is 6. The number of aryl methyl sites for hydroxylation is 1. The molecule has 5 nitrogen and oxygen atoms in total. The monoisotopic (exact) mass is 524 g/mol. The summed E-state index contributed by atoms with van der Waals surface area (Å²) in [6, 6.07) is 11.9. The Morgan fingerprint density at radius 2 is 1.94 bits per heavy atom. The first-order valence-electron chi connectivity index (χ1n) is 10.2. The quantitative estimate of drug-likeness (QED) is 0.344. The highest BCUT2D eigenvalue weighted by atomic mass is 35.5. The molecule has 33 heavy (non-hydrogen) atoms. The van der Waals surface area contributed by atoms with Gasteiger partial charge in [-0.1, -0.05) is 46.9 Å². The number of hydrogen-bond acceptors (Lipinski definition) is 3. The van der Waals surface area contributed by atoms with E-state index in [0.29, 0.717) is 33.6 Å². The van der Waals surface area contributed by atoms with E-state index in [1.165, 1.54) is 0 Å². The van der Waals surface area contributed by atoms with Crippen LogP contribution in [0.3, 0.4) is 0 Å². The summed E-state index contributed by atoms with van der Waals surface area (Å²) in [4.78, 5) is 12.9. The van der Waals surface area contributed by atoms with Gasteiger partial charge >= 0.3 is 6.03 Å². The number of nitrogens with one attached hydrogen (secondary N) is 2. The molecule has 0 unspecified atom stereocenters. The molecule has 0 atom stereocenters. The zero-order valence-corrected chi connectivity index (χ0v) is 20.5. The van der Waals surface area contributed by atoms with Crippen LogP contribution in [0.1, 0.15) is 29.7 Å². The highest BCUT2D eigenvalue weighted by Crippen LogP contribution is 2.34. The Labute approximate surface area is 210 Å². The number of nitrogens with zero attached hydrogens (tertiary/aromatic N) is 2. The molecule has 1 heterocycles. The van der Waals surface area contributed by atoms with Gasteiger partial charge in [-0.2, -0.15) is 5.10 Å². The first-order chi connectivity index (χ1) is 15.9. The number of hydrogen-bond donors (Lipinski definition) is 2. The van der Waals surface area contributed by atoms with E-state index >= 15 is 4.39 Å². The molecule has 2 N–H and O–H groups in total. The summed E-state index contributed by atoms with van der Waals surface area (Å²) in [6.45, 7) is 0.176. The molecule has 172 valence electrons. The average molecular weight is 526 g/mol. The van der Waals surface area contributed by atoms with Gasteiger partial charge in [0.05, 0.1) is 25.0 Å². The van der Waals surface area contributed by atoms with Gasteiger partial charge in [0, 0.05) is 25.5 Å². The fourth-order valence-electron chi connectivity index (χ4n) is 3.66. The zero-order valence-electron chi connectivity index (χ0n) is 17.4. The number of urea groups is 1. The van der Waals surface area contributed by atoms with Gasteiger partial charge in [-0.3, -0.25) is 9.40 Å². The minimum atomic E-state index is -0.492. The Bertz CT molecular complexity index is 1210. The number of carbonyl (C=O) groups is 1. The van der Waals surface area contributed by atoms with Crippen LogP contribution in [0, 0.1) is 0 Å². The summed E-state index contributed by atoms with van der Waals surface area (Å²) in [5.74, 6) is -0.386. The molecule has 10 heteroatoms. The van der Waals surface area contributed by atoms with Gasteiger partial charge in [0.2, 0.25) is 0 Å². The Kier molecular flexibility index (Phi) is 7.86. The lowest BCUT2D eigenvalue weighted by Crippen LogP contribution is -2.32. The van der Waals surface area contributed by atoms with Crippen molar-refractivity contribution in [1.82, 2.24) is 19.8 Å². The highest BCUT2D eigenvalue weighted by Gasteiger charge is 2.24. The molecule has 0 saturated heterocycles. The smallest absolute Gasteiger partial charge is 0.325 e. The fourth-order valence-corrected chi connectivity index (χ4v) is 5.00. The van der Waals surface area contributed by atoms with E-state index in [1.807, 2.05) is 12.1 Å². The summed E-state index contributed by atoms with van der Waals surface area (Å²) in [5, 5.41) is 8.69. The molecule has 1 aromatic heterocycles. The van der Waals surface area contributed by atoms with Gasteiger partial charge in [-0.05, 0) is 72.7 Å². The number of allylic oxidation sites excluding steroid dienone is 1. The Balaban J connectivity index is 1.45. The minimum absolute atomic E-state index is 0.219. The van der Waals surface area contributed by atoms with Crippen LogP contribution in [-0.4, -0.2) is 22.4 Å². The molecule has 4 rings (SSSR count). The van der Waals surface area contributed by atoms with Crippen molar-refractivity contribution in [3.63, 3.8) is 0 Å². The van der Waals surface area contributed by atoms with Crippen LogP contribution in [0.5, 0.6) is 0 Å². The van der Waals surface area contributed by atoms with Crippen molar-refractivity contribution >= 4 is 58.4 Å². The van der Waals surface area contributed by atoms with Crippen LogP contribution in [0.15, 0.2) is 59.4 Å². The summed E-state index contributed by atoms with van der Waals surface area (Å²) in [5.41, 5.74) is 3.13. The first-order valence-corrected chi connectivity index (χ1v) is 12.2. The van der Waals surface area contributed by atoms with Crippen molar-refractivity contribution in [1.29, 1.82) is 0 Å². The molecule has 0 bridgehead atoms. The lowest BCUT2D eigenvalue weighted by atomic mass is 9.92. The second-order valence-electron chi connectivity index (χ2n) is 7.49. The maximum atomic E-state index is 15.2. The summed E-state index contributed by atoms with van der Waals surface area (Å²) in [6.07, 6.45) is 3.98. The fraction of sp³-hybridized carbons (Fsp3) is 0.217. The topological polar surface area (TPSA) is 59.0 Å². The lowest BCUT2D eigenvalue weighted by molar-refractivity contribution is 0.246. The molecule has 2 amide bonds. The first kappa shape index (κ1) is 24.0. The van der Waals surface area contributed by atoms with E-state index < -0.39 is 6.03 Å². The summed E-state index contributed by atoms with van der Waals surface area (Å²) < 4.78 is 19.6. The Morgan fingerprint density at radius 1 is 1.12 bits per heavy atom. The third-order valence-corrected chi connectivity index (χ3v) is 6.80. The van der Waals surface area contributed by atoms with Gasteiger partial charge < -0.3 is 5.32 Å². The number of halogens is 4. The molecule has 0 fully saturated rings. The van der Waals surface area contributed by atoms with E-state index in [0.717, 1.165) is 46.5 Å². The average Bonchev–Trinajstić information content (AvgIpc) is 3.21. The van der Waals surface area contributed by atoms with Crippen LogP contribution in [-0.2, 0) is 13.0 Å². The molecule has 0 radical (unpaired) electrons. The molecule has 1 aliphatic rings. The standard InChI is InChI=1S/C23H20Cl3FN4OS/c24-16-4-2-5-18(9-16)33-30-23(32)28-12-21(27)19-6-1-3-14-11-29-31(22(14)19)13-15-7-8-17(25)10-20(15)26/h2,4-5,7-11H,1,3,6,12-13H2,(H2,28,30,32)/b21-19-. The van der Waals surface area contributed by atoms with Crippen LogP contribution < -0.4 is 10.0 Å². The second-order valence-corrected chi connectivity index (χ2v) is 9.65. The van der Waals surface area contributed by atoms with Gasteiger partial charge in [-0.25, -0.2) is 9.18 Å². The number of aromatic nitrogens is 2. The lowest BCUT2D eigenvalue weighted by Gasteiger charge is -2.19. The molecular weight excluding hydrogens is 506 g/mol. The normalized spacial score (nSPS) is 14.5. The molecule has 1 aliphatic carbocycles. The number of benzene rings is 2. The van der Waals surface area contributed by atoms with Crippen LogP contribution in [0.4, 0.5) is 9.18 Å². The van der Waals surface area contributed by atoms with Crippen LogP contribution >= 0.6 is 46.8 Å². The van der Waals surface area contributed by atoms with Gasteiger partial charge in [0.25, 0.3) is 0 Å². The van der Waals surface area contributed by atoms with E-state index in [1.54, 1.807) is 41.2 Å². The molecule has 0 spiro atoms. The maximum Gasteiger partial charge on any atom is 0.325 e. The van der Waals surface area contributed by atoms with Gasteiger partial charge in [0.15, 0.2) is 0 Å². The molecule has 0 saturated carbocycles. The molecular formula is C23H20Cl3FN4OS. The Morgan fingerprint density at radius 3 is 2.73 bits per heavy atom. The zero-order chi connectivity index (χ0) is 23.4. The van der Waals surface area contributed by atoms with Crippen molar-refractivity contribution in [2.24, 2.45) is 0 Å². The summed E-state index contributed by atoms with van der Waals surface area (Å²) >= 11 is 19.4. The summed E-state index contributed by atoms with van der Waals surface area (Å²) in [7, 11) is 0. The molecule has 0 aliphatic heterocycles. The van der Waals surface area contributed by atoms with Crippen LogP contribution in [0.25, 0.3) is 5.57 Å². The van der Waals surface area contributed by atoms with Crippen molar-refractivity contribution in [2.45, 2.75) is 30.7 Å². The van der Waals surface area contributed by atoms with Crippen molar-refractivity contribution in [3.8, 4) is 0 Å². The van der Waals surface area contributed by atoms with E-state index in [2.05, 4.69) is 15.1 Å². The molecule has 3 aromatic rings. The van der Waals surface area contributed by atoms with E-state index in [9.17, 15) is 4.79 Å². The largest absolute Gasteiger partial charge is 0.331 e. The van der Waals surface area contributed by atoms with Crippen LogP contribution in [0.2, 0.25) is 15.1 Å². The predicted octanol–water partition coefficient (Wildman–Crippen LogP) is 6.92. The highest BCUT2D eigenvalue weighted by molar-refractivity contribution is 7.98. The van der Waals surface area contributed by atoms with Gasteiger partial charge in [-0.15, -0.1) is 0 Å². The van der Waals surface area contributed by atoms with E-state index in [4.69, 9.17) is 34.8 Å². The number of amides is 2. The van der Waals surface area contributed by atoms with Crippen molar-refractivity contribution < 1.29 is 9.18 Å².